The molecule has 0 bridgehead atoms. The molecule has 1 N–H and O–H groups in total. The average Bonchev–Trinajstić information content (AvgIpc) is 2.08. The summed E-state index contributed by atoms with van der Waals surface area (Å²) in [6.45, 7) is 4.79. The minimum atomic E-state index is 0.250. The Balaban J connectivity index is 0.000000354. The molecule has 1 heterocycles. The van der Waals surface area contributed by atoms with Gasteiger partial charge < -0.3 is 5.32 Å². The molecule has 3 heteroatoms. The number of hydrogen-bond acceptors (Lipinski definition) is 3. The monoisotopic (exact) mass is 171 g/mol. The molecular formula is C9H17NO2. The van der Waals surface area contributed by atoms with Crippen LogP contribution in [-0.2, 0) is 9.59 Å². The Labute approximate surface area is 73.5 Å². The van der Waals surface area contributed by atoms with Gasteiger partial charge in [0.2, 0.25) is 0 Å². The number of piperidine rings is 1. The Bertz CT molecular complexity index is 122. The molecule has 1 fully saturated rings. The van der Waals surface area contributed by atoms with Crippen LogP contribution in [-0.4, -0.2) is 19.2 Å². The fourth-order valence-corrected chi connectivity index (χ4v) is 1.58. The highest BCUT2D eigenvalue weighted by molar-refractivity contribution is 5.20. The van der Waals surface area contributed by atoms with Gasteiger partial charge in [0.05, 0.1) is 0 Å². The van der Waals surface area contributed by atoms with Crippen molar-refractivity contribution in [2.75, 3.05) is 13.1 Å². The van der Waals surface area contributed by atoms with Gasteiger partial charge in [-0.2, -0.15) is 9.59 Å². The Morgan fingerprint density at radius 2 is 1.83 bits per heavy atom. The van der Waals surface area contributed by atoms with Gasteiger partial charge in [-0.25, -0.2) is 0 Å². The van der Waals surface area contributed by atoms with E-state index in [1.807, 2.05) is 0 Å². The highest BCUT2D eigenvalue weighted by atomic mass is 16.2. The molecule has 0 atom stereocenters. The second-order valence-electron chi connectivity index (χ2n) is 3.07. The molecule has 0 saturated carbocycles. The molecule has 0 aromatic carbocycles. The summed E-state index contributed by atoms with van der Waals surface area (Å²) in [5.74, 6) is 1.04. The van der Waals surface area contributed by atoms with Gasteiger partial charge in [-0.15, -0.1) is 0 Å². The van der Waals surface area contributed by atoms with E-state index in [0.29, 0.717) is 0 Å². The van der Waals surface area contributed by atoms with Gasteiger partial charge >= 0.3 is 6.15 Å². The Kier molecular flexibility index (Phi) is 7.97. The van der Waals surface area contributed by atoms with Gasteiger partial charge in [0.25, 0.3) is 0 Å². The largest absolute Gasteiger partial charge is 0.373 e. The maximum Gasteiger partial charge on any atom is 0.373 e. The average molecular weight is 171 g/mol. The number of nitrogens with one attached hydrogen (secondary N) is 1. The van der Waals surface area contributed by atoms with Crippen LogP contribution in [0.15, 0.2) is 0 Å². The van der Waals surface area contributed by atoms with Gasteiger partial charge in [0, 0.05) is 0 Å². The zero-order valence-corrected chi connectivity index (χ0v) is 7.64. The first-order chi connectivity index (χ1) is 5.85. The van der Waals surface area contributed by atoms with Crippen LogP contribution in [0.3, 0.4) is 0 Å². The fraction of sp³-hybridized carbons (Fsp3) is 0.889. The second-order valence-corrected chi connectivity index (χ2v) is 3.07. The van der Waals surface area contributed by atoms with E-state index in [2.05, 4.69) is 12.2 Å². The summed E-state index contributed by atoms with van der Waals surface area (Å²) in [4.78, 5) is 16.2. The first-order valence-corrected chi connectivity index (χ1v) is 4.55. The van der Waals surface area contributed by atoms with Crippen LogP contribution in [0.25, 0.3) is 0 Å². The quantitative estimate of drug-likeness (QED) is 0.679. The van der Waals surface area contributed by atoms with Gasteiger partial charge in [-0.05, 0) is 31.8 Å². The van der Waals surface area contributed by atoms with Crippen LogP contribution in [0.4, 0.5) is 0 Å². The van der Waals surface area contributed by atoms with Crippen LogP contribution in [0.5, 0.6) is 0 Å². The van der Waals surface area contributed by atoms with Crippen molar-refractivity contribution in [2.45, 2.75) is 32.6 Å². The third-order valence-electron chi connectivity index (χ3n) is 2.16. The SMILES string of the molecule is CCCC1CCNCC1.O=C=O. The van der Waals surface area contributed by atoms with Crippen molar-refractivity contribution in [1.82, 2.24) is 5.32 Å². The fourth-order valence-electron chi connectivity index (χ4n) is 1.58. The van der Waals surface area contributed by atoms with Crippen LogP contribution in [0.1, 0.15) is 32.6 Å². The summed E-state index contributed by atoms with van der Waals surface area (Å²) in [7, 11) is 0. The normalized spacial score (nSPS) is 17.4. The molecule has 0 aromatic heterocycles. The van der Waals surface area contributed by atoms with Crippen LogP contribution < -0.4 is 5.32 Å². The molecule has 1 saturated heterocycles. The summed E-state index contributed by atoms with van der Waals surface area (Å²) in [6, 6.07) is 0. The van der Waals surface area contributed by atoms with E-state index in [-0.39, 0.29) is 6.15 Å². The van der Waals surface area contributed by atoms with Crippen LogP contribution in [0.2, 0.25) is 0 Å². The Morgan fingerprint density at radius 1 is 1.33 bits per heavy atom. The molecule has 0 radical (unpaired) electrons. The van der Waals surface area contributed by atoms with E-state index in [0.717, 1.165) is 5.92 Å². The predicted molar refractivity (Wildman–Crippen MR) is 45.5 cm³/mol. The van der Waals surface area contributed by atoms with E-state index in [9.17, 15) is 0 Å². The van der Waals surface area contributed by atoms with Crippen LogP contribution in [0, 0.1) is 5.92 Å². The van der Waals surface area contributed by atoms with Crippen molar-refractivity contribution < 1.29 is 9.59 Å². The smallest absolute Gasteiger partial charge is 0.317 e. The molecule has 3 nitrogen and oxygen atoms in total. The maximum atomic E-state index is 8.12. The van der Waals surface area contributed by atoms with Gasteiger partial charge in [0.15, 0.2) is 0 Å². The van der Waals surface area contributed by atoms with E-state index >= 15 is 0 Å². The van der Waals surface area contributed by atoms with Gasteiger partial charge in [-0.3, -0.25) is 0 Å². The van der Waals surface area contributed by atoms with Crippen molar-refractivity contribution in [2.24, 2.45) is 5.92 Å². The lowest BCUT2D eigenvalue weighted by atomic mass is 9.94. The molecule has 1 rings (SSSR count). The number of hydrogen-bond donors (Lipinski definition) is 1. The minimum absolute atomic E-state index is 0.250. The van der Waals surface area contributed by atoms with E-state index in [1.54, 1.807) is 0 Å². The molecule has 70 valence electrons. The molecule has 0 unspecified atom stereocenters. The lowest BCUT2D eigenvalue weighted by Gasteiger charge is -2.21. The Morgan fingerprint density at radius 3 is 2.25 bits per heavy atom. The summed E-state index contributed by atoms with van der Waals surface area (Å²) >= 11 is 0. The lowest BCUT2D eigenvalue weighted by Crippen LogP contribution is -2.27. The highest BCUT2D eigenvalue weighted by Crippen LogP contribution is 2.16. The molecule has 1 aliphatic rings. The topological polar surface area (TPSA) is 46.2 Å². The standard InChI is InChI=1S/C8H17N.CO2/c1-2-3-8-4-6-9-7-5-8;2-1-3/h8-9H,2-7H2,1H3;. The summed E-state index contributed by atoms with van der Waals surface area (Å²) < 4.78 is 0. The molecule has 0 spiro atoms. The maximum absolute atomic E-state index is 8.12. The van der Waals surface area contributed by atoms with Crippen molar-refractivity contribution in [1.29, 1.82) is 0 Å². The molecule has 12 heavy (non-hydrogen) atoms. The molecular weight excluding hydrogens is 154 g/mol. The predicted octanol–water partition coefficient (Wildman–Crippen LogP) is 1.20. The molecule has 0 aliphatic carbocycles. The van der Waals surface area contributed by atoms with Gasteiger partial charge in [0.1, 0.15) is 0 Å². The number of rotatable bonds is 2. The molecule has 1 aliphatic heterocycles. The van der Waals surface area contributed by atoms with Crippen molar-refractivity contribution in [3.05, 3.63) is 0 Å². The third kappa shape index (κ3) is 6.08. The summed E-state index contributed by atoms with van der Waals surface area (Å²) in [5, 5.41) is 3.37. The third-order valence-corrected chi connectivity index (χ3v) is 2.16. The van der Waals surface area contributed by atoms with Crippen molar-refractivity contribution in [3.63, 3.8) is 0 Å². The van der Waals surface area contributed by atoms with Crippen molar-refractivity contribution in [3.8, 4) is 0 Å². The lowest BCUT2D eigenvalue weighted by molar-refractivity contribution is -0.191. The van der Waals surface area contributed by atoms with E-state index in [4.69, 9.17) is 9.59 Å². The summed E-state index contributed by atoms with van der Waals surface area (Å²) in [6.07, 6.45) is 5.88. The first kappa shape index (κ1) is 11.3. The van der Waals surface area contributed by atoms with Crippen LogP contribution >= 0.6 is 0 Å². The first-order valence-electron chi connectivity index (χ1n) is 4.55. The van der Waals surface area contributed by atoms with Gasteiger partial charge in [-0.1, -0.05) is 19.8 Å². The zero-order chi connectivity index (χ0) is 9.23. The van der Waals surface area contributed by atoms with Crippen molar-refractivity contribution >= 4 is 6.15 Å². The highest BCUT2D eigenvalue weighted by Gasteiger charge is 2.10. The Hall–Kier alpha value is -0.660. The second kappa shape index (κ2) is 8.44. The number of carbonyl (C=O) groups excluding carboxylic acids is 2. The molecule has 0 amide bonds. The molecule has 0 aromatic rings. The minimum Gasteiger partial charge on any atom is -0.317 e. The zero-order valence-electron chi connectivity index (χ0n) is 7.64. The van der Waals surface area contributed by atoms with E-state index in [1.165, 1.54) is 38.8 Å². The summed E-state index contributed by atoms with van der Waals surface area (Å²) in [5.41, 5.74) is 0. The van der Waals surface area contributed by atoms with E-state index < -0.39 is 0 Å².